The van der Waals surface area contributed by atoms with Crippen LogP contribution >= 0.6 is 11.6 Å². The van der Waals surface area contributed by atoms with Crippen LogP contribution in [0.3, 0.4) is 0 Å². The van der Waals surface area contributed by atoms with E-state index in [4.69, 9.17) is 11.6 Å². The van der Waals surface area contributed by atoms with Crippen LogP contribution in [0.15, 0.2) is 54.6 Å². The van der Waals surface area contributed by atoms with Crippen molar-refractivity contribution in [1.29, 1.82) is 0 Å². The van der Waals surface area contributed by atoms with Crippen LogP contribution in [0.5, 0.6) is 0 Å². The number of likely N-dealkylation sites (N-methyl/N-ethyl adjacent to an activating group) is 1. The smallest absolute Gasteiger partial charge is 0.223 e. The molecule has 0 N–H and O–H groups in total. The van der Waals surface area contributed by atoms with Gasteiger partial charge in [-0.15, -0.1) is 0 Å². The van der Waals surface area contributed by atoms with Gasteiger partial charge in [0.2, 0.25) is 5.91 Å². The Morgan fingerprint density at radius 1 is 1.08 bits per heavy atom. The van der Waals surface area contributed by atoms with Crippen molar-refractivity contribution in [3.63, 3.8) is 0 Å². The Morgan fingerprint density at radius 3 is 2.46 bits per heavy atom. The third-order valence-corrected chi connectivity index (χ3v) is 5.72. The third kappa shape index (κ3) is 3.54. The van der Waals surface area contributed by atoms with Crippen molar-refractivity contribution in [1.82, 2.24) is 4.90 Å². The van der Waals surface area contributed by atoms with Gasteiger partial charge in [0.25, 0.3) is 0 Å². The number of carbonyl (C=O) groups excluding carboxylic acids is 2. The molecule has 0 aromatic heterocycles. The molecule has 1 aliphatic carbocycles. The first-order chi connectivity index (χ1) is 12.6. The number of aryl methyl sites for hydroxylation is 1. The summed E-state index contributed by atoms with van der Waals surface area (Å²) in [5.74, 6) is 0.0661. The minimum absolute atomic E-state index is 0.0241. The van der Waals surface area contributed by atoms with Crippen LogP contribution in [0.1, 0.15) is 43.2 Å². The summed E-state index contributed by atoms with van der Waals surface area (Å²) < 4.78 is 0. The van der Waals surface area contributed by atoms with Crippen molar-refractivity contribution in [3.8, 4) is 0 Å². The lowest BCUT2D eigenvalue weighted by Crippen LogP contribution is -2.54. The normalized spacial score (nSPS) is 20.0. The SMILES string of the molecule is CN(C(=O)CCc1ccccc1)[C@]1(c2ccccc2Cl)CCCCC1=O. The van der Waals surface area contributed by atoms with Gasteiger partial charge in [0.15, 0.2) is 5.78 Å². The van der Waals surface area contributed by atoms with E-state index in [1.54, 1.807) is 18.0 Å². The number of rotatable bonds is 5. The highest BCUT2D eigenvalue weighted by atomic mass is 35.5. The quantitative estimate of drug-likeness (QED) is 0.761. The lowest BCUT2D eigenvalue weighted by atomic mass is 9.74. The van der Waals surface area contributed by atoms with Gasteiger partial charge in [0, 0.05) is 30.5 Å². The summed E-state index contributed by atoms with van der Waals surface area (Å²) in [6, 6.07) is 17.3. The predicted octanol–water partition coefficient (Wildman–Crippen LogP) is 4.77. The minimum Gasteiger partial charge on any atom is -0.329 e. The topological polar surface area (TPSA) is 37.4 Å². The summed E-state index contributed by atoms with van der Waals surface area (Å²) in [7, 11) is 1.75. The molecule has 0 saturated heterocycles. The lowest BCUT2D eigenvalue weighted by Gasteiger charge is -2.44. The van der Waals surface area contributed by atoms with Gasteiger partial charge in [0.05, 0.1) is 0 Å². The molecule has 1 amide bonds. The summed E-state index contributed by atoms with van der Waals surface area (Å²) in [6.07, 6.45) is 3.94. The van der Waals surface area contributed by atoms with E-state index in [2.05, 4.69) is 0 Å². The molecule has 0 aliphatic heterocycles. The molecule has 0 unspecified atom stereocenters. The molecule has 3 nitrogen and oxygen atoms in total. The Morgan fingerprint density at radius 2 is 1.77 bits per heavy atom. The van der Waals surface area contributed by atoms with Crippen LogP contribution < -0.4 is 0 Å². The van der Waals surface area contributed by atoms with Crippen molar-refractivity contribution in [2.75, 3.05) is 7.05 Å². The Bertz CT molecular complexity index is 790. The molecule has 2 aromatic rings. The van der Waals surface area contributed by atoms with Crippen LogP contribution in [0.25, 0.3) is 0 Å². The number of nitrogens with zero attached hydrogens (tertiary/aromatic N) is 1. The molecule has 136 valence electrons. The number of amides is 1. The molecule has 26 heavy (non-hydrogen) atoms. The Balaban J connectivity index is 1.88. The van der Waals surface area contributed by atoms with Gasteiger partial charge in [-0.2, -0.15) is 0 Å². The number of benzene rings is 2. The van der Waals surface area contributed by atoms with E-state index >= 15 is 0 Å². The average Bonchev–Trinajstić information content (AvgIpc) is 2.67. The van der Waals surface area contributed by atoms with Crippen molar-refractivity contribution in [2.45, 2.75) is 44.1 Å². The first-order valence-corrected chi connectivity index (χ1v) is 9.52. The van der Waals surface area contributed by atoms with E-state index in [-0.39, 0.29) is 11.7 Å². The molecular formula is C22H24ClNO2. The Kier molecular flexibility index (Phi) is 5.77. The van der Waals surface area contributed by atoms with Crippen LogP contribution in [0, 0.1) is 0 Å². The largest absolute Gasteiger partial charge is 0.329 e. The van der Waals surface area contributed by atoms with Crippen LogP contribution in [0.4, 0.5) is 0 Å². The summed E-state index contributed by atoms with van der Waals surface area (Å²) in [5.41, 5.74) is 0.933. The number of halogens is 1. The molecule has 4 heteroatoms. The Labute approximate surface area is 160 Å². The summed E-state index contributed by atoms with van der Waals surface area (Å²) in [6.45, 7) is 0. The van der Waals surface area contributed by atoms with Gasteiger partial charge in [-0.1, -0.05) is 60.1 Å². The van der Waals surface area contributed by atoms with Gasteiger partial charge in [-0.3, -0.25) is 9.59 Å². The zero-order valence-corrected chi connectivity index (χ0v) is 15.8. The molecule has 1 saturated carbocycles. The van der Waals surface area contributed by atoms with Crippen LogP contribution in [-0.4, -0.2) is 23.6 Å². The summed E-state index contributed by atoms with van der Waals surface area (Å²) in [5, 5.41) is 0.547. The molecule has 0 spiro atoms. The second-order valence-electron chi connectivity index (χ2n) is 6.91. The van der Waals surface area contributed by atoms with Gasteiger partial charge < -0.3 is 4.90 Å². The molecule has 0 heterocycles. The fourth-order valence-electron chi connectivity index (χ4n) is 3.91. The van der Waals surface area contributed by atoms with E-state index in [1.807, 2.05) is 48.5 Å². The van der Waals surface area contributed by atoms with E-state index in [0.29, 0.717) is 30.7 Å². The third-order valence-electron chi connectivity index (χ3n) is 5.39. The molecular weight excluding hydrogens is 346 g/mol. The fraction of sp³-hybridized carbons (Fsp3) is 0.364. The van der Waals surface area contributed by atoms with Crippen molar-refractivity contribution >= 4 is 23.3 Å². The maximum atomic E-state index is 13.0. The molecule has 1 fully saturated rings. The average molecular weight is 370 g/mol. The number of carbonyl (C=O) groups is 2. The minimum atomic E-state index is -0.940. The number of Topliss-reactive ketones (excluding diaryl/α,β-unsaturated/α-hetero) is 1. The first kappa shape index (κ1) is 18.7. The molecule has 2 aromatic carbocycles. The number of hydrogen-bond acceptors (Lipinski definition) is 2. The maximum absolute atomic E-state index is 13.0. The van der Waals surface area contributed by atoms with Crippen LogP contribution in [0.2, 0.25) is 5.02 Å². The van der Waals surface area contributed by atoms with Gasteiger partial charge >= 0.3 is 0 Å². The van der Waals surface area contributed by atoms with E-state index in [9.17, 15) is 9.59 Å². The van der Waals surface area contributed by atoms with Crippen molar-refractivity contribution < 1.29 is 9.59 Å². The van der Waals surface area contributed by atoms with E-state index in [0.717, 1.165) is 24.0 Å². The van der Waals surface area contributed by atoms with Crippen LogP contribution in [-0.2, 0) is 21.5 Å². The fourth-order valence-corrected chi connectivity index (χ4v) is 4.20. The number of hydrogen-bond donors (Lipinski definition) is 0. The standard InChI is InChI=1S/C22H24ClNO2/c1-24(21(26)15-14-17-9-3-2-4-10-17)22(16-8-7-13-20(22)25)18-11-5-6-12-19(18)23/h2-6,9-12H,7-8,13-16H2,1H3/t22-/m0/s1. The molecule has 3 rings (SSSR count). The summed E-state index contributed by atoms with van der Waals surface area (Å²) in [4.78, 5) is 27.7. The molecule has 1 aliphatic rings. The van der Waals surface area contributed by atoms with Crippen molar-refractivity contribution in [2.24, 2.45) is 0 Å². The molecule has 1 atom stereocenters. The Hall–Kier alpha value is -2.13. The maximum Gasteiger partial charge on any atom is 0.223 e. The number of ketones is 1. The first-order valence-electron chi connectivity index (χ1n) is 9.14. The van der Waals surface area contributed by atoms with Gasteiger partial charge in [-0.25, -0.2) is 0 Å². The molecule has 0 radical (unpaired) electrons. The monoisotopic (exact) mass is 369 g/mol. The predicted molar refractivity (Wildman–Crippen MR) is 104 cm³/mol. The lowest BCUT2D eigenvalue weighted by molar-refractivity contribution is -0.148. The zero-order valence-electron chi connectivity index (χ0n) is 15.1. The van der Waals surface area contributed by atoms with Gasteiger partial charge in [0.1, 0.15) is 5.54 Å². The van der Waals surface area contributed by atoms with E-state index < -0.39 is 5.54 Å². The highest BCUT2D eigenvalue weighted by Crippen LogP contribution is 2.42. The van der Waals surface area contributed by atoms with Crippen molar-refractivity contribution in [3.05, 3.63) is 70.7 Å². The van der Waals surface area contributed by atoms with Gasteiger partial charge in [-0.05, 0) is 37.3 Å². The van der Waals surface area contributed by atoms with E-state index in [1.165, 1.54) is 0 Å². The second-order valence-corrected chi connectivity index (χ2v) is 7.32. The highest BCUT2D eigenvalue weighted by molar-refractivity contribution is 6.31. The second kappa shape index (κ2) is 8.05. The highest BCUT2D eigenvalue weighted by Gasteiger charge is 2.47. The summed E-state index contributed by atoms with van der Waals surface area (Å²) >= 11 is 6.44. The molecule has 0 bridgehead atoms. The zero-order chi connectivity index (χ0) is 18.6.